The Morgan fingerprint density at radius 3 is 2.89 bits per heavy atom. The lowest BCUT2D eigenvalue weighted by atomic mass is 9.92. The van der Waals surface area contributed by atoms with Gasteiger partial charge in [-0.15, -0.1) is 0 Å². The topological polar surface area (TPSA) is 79.8 Å². The molecule has 27 heavy (non-hydrogen) atoms. The Kier molecular flexibility index (Phi) is 6.97. The maximum absolute atomic E-state index is 11.8. The molecule has 2 atom stereocenters. The molecule has 1 aromatic carbocycles. The molecule has 1 saturated carbocycles. The van der Waals surface area contributed by atoms with Crippen LogP contribution in [-0.4, -0.2) is 36.3 Å². The molecule has 3 rings (SSSR count). The van der Waals surface area contributed by atoms with Crippen molar-refractivity contribution in [1.29, 1.82) is 0 Å². The van der Waals surface area contributed by atoms with Crippen LogP contribution in [0.5, 0.6) is 11.5 Å². The fraction of sp³-hybridized carbons (Fsp3) is 0.571. The largest absolute Gasteiger partial charge is 0.493 e. The fourth-order valence-electron chi connectivity index (χ4n) is 3.65. The highest BCUT2D eigenvalue weighted by atomic mass is 16.5. The van der Waals surface area contributed by atoms with Crippen LogP contribution in [0.2, 0.25) is 0 Å². The van der Waals surface area contributed by atoms with Crippen LogP contribution in [0.1, 0.15) is 51.0 Å². The zero-order valence-electron chi connectivity index (χ0n) is 15.8. The number of fused-ring (bicyclic) bond motifs is 1. The van der Waals surface area contributed by atoms with Crippen LogP contribution in [0.15, 0.2) is 12.1 Å². The van der Waals surface area contributed by atoms with Crippen LogP contribution in [0.4, 0.5) is 5.69 Å². The molecule has 1 aliphatic heterocycles. The number of amides is 1. The molecule has 0 saturated heterocycles. The van der Waals surface area contributed by atoms with Crippen molar-refractivity contribution in [3.8, 4) is 23.5 Å². The molecular weight excluding hydrogens is 344 g/mol. The van der Waals surface area contributed by atoms with Crippen molar-refractivity contribution < 1.29 is 19.4 Å². The average molecular weight is 372 g/mol. The quantitative estimate of drug-likeness (QED) is 0.506. The number of rotatable bonds is 7. The molecule has 0 bridgehead atoms. The monoisotopic (exact) mass is 372 g/mol. The zero-order valence-corrected chi connectivity index (χ0v) is 15.8. The van der Waals surface area contributed by atoms with Crippen molar-refractivity contribution in [2.45, 2.75) is 64.0 Å². The highest BCUT2D eigenvalue weighted by molar-refractivity contribution is 5.96. The third-order valence-corrected chi connectivity index (χ3v) is 5.08. The van der Waals surface area contributed by atoms with Gasteiger partial charge in [0.05, 0.1) is 18.4 Å². The maximum atomic E-state index is 11.8. The van der Waals surface area contributed by atoms with Gasteiger partial charge in [-0.3, -0.25) is 4.79 Å². The van der Waals surface area contributed by atoms with E-state index >= 15 is 0 Å². The van der Waals surface area contributed by atoms with Gasteiger partial charge in [-0.1, -0.05) is 18.8 Å². The molecule has 6 nitrogen and oxygen atoms in total. The van der Waals surface area contributed by atoms with E-state index in [9.17, 15) is 9.90 Å². The number of hydrogen-bond donors (Lipinski definition) is 3. The molecule has 1 amide bonds. The average Bonchev–Trinajstić information content (AvgIpc) is 2.68. The first kappa shape index (κ1) is 19.5. The molecule has 1 aliphatic carbocycles. The minimum Gasteiger partial charge on any atom is -0.493 e. The van der Waals surface area contributed by atoms with Gasteiger partial charge in [-0.25, -0.2) is 0 Å². The maximum Gasteiger partial charge on any atom is 0.224 e. The van der Waals surface area contributed by atoms with Crippen molar-refractivity contribution >= 4 is 11.6 Å². The Morgan fingerprint density at radius 2 is 2.07 bits per heavy atom. The lowest BCUT2D eigenvalue weighted by molar-refractivity contribution is -0.116. The lowest BCUT2D eigenvalue weighted by Crippen LogP contribution is -2.42. The smallest absolute Gasteiger partial charge is 0.224 e. The Hall–Kier alpha value is -2.23. The van der Waals surface area contributed by atoms with Gasteiger partial charge in [0.2, 0.25) is 5.91 Å². The Labute approximate surface area is 160 Å². The highest BCUT2D eigenvalue weighted by Gasteiger charge is 2.23. The van der Waals surface area contributed by atoms with Gasteiger partial charge in [0.1, 0.15) is 11.9 Å². The summed E-state index contributed by atoms with van der Waals surface area (Å²) in [5.74, 6) is 3.99. The van der Waals surface area contributed by atoms with Gasteiger partial charge < -0.3 is 25.2 Å². The number of nitrogens with one attached hydrogen (secondary N) is 2. The van der Waals surface area contributed by atoms with Crippen molar-refractivity contribution in [1.82, 2.24) is 5.32 Å². The molecule has 0 spiro atoms. The van der Waals surface area contributed by atoms with Crippen molar-refractivity contribution in [2.24, 2.45) is 0 Å². The van der Waals surface area contributed by atoms with Gasteiger partial charge in [0.15, 0.2) is 5.75 Å². The first-order valence-corrected chi connectivity index (χ1v) is 9.77. The summed E-state index contributed by atoms with van der Waals surface area (Å²) in [6.45, 7) is 3.09. The van der Waals surface area contributed by atoms with E-state index in [1.165, 1.54) is 6.42 Å². The summed E-state index contributed by atoms with van der Waals surface area (Å²) in [5, 5.41) is 16.3. The third-order valence-electron chi connectivity index (χ3n) is 5.08. The van der Waals surface area contributed by atoms with Crippen LogP contribution in [-0.2, 0) is 11.2 Å². The summed E-state index contributed by atoms with van der Waals surface area (Å²) in [6.07, 6.45) is 8.49. The van der Waals surface area contributed by atoms with Crippen LogP contribution in [0.25, 0.3) is 0 Å². The molecule has 3 N–H and O–H groups in total. The number of hydrogen-bond acceptors (Lipinski definition) is 5. The molecule has 1 heterocycles. The van der Waals surface area contributed by atoms with E-state index in [2.05, 4.69) is 22.7 Å². The van der Waals surface area contributed by atoms with E-state index in [1.807, 2.05) is 6.07 Å². The summed E-state index contributed by atoms with van der Waals surface area (Å²) in [4.78, 5) is 11.8. The molecule has 1 aromatic rings. The van der Waals surface area contributed by atoms with Gasteiger partial charge >= 0.3 is 0 Å². The summed E-state index contributed by atoms with van der Waals surface area (Å²) in [7, 11) is 0. The van der Waals surface area contributed by atoms with E-state index in [-0.39, 0.29) is 18.1 Å². The predicted octanol–water partition coefficient (Wildman–Crippen LogP) is 2.59. The number of ether oxygens (including phenoxy) is 2. The first-order chi connectivity index (χ1) is 13.2. The van der Waals surface area contributed by atoms with Gasteiger partial charge in [-0.2, -0.15) is 0 Å². The van der Waals surface area contributed by atoms with E-state index in [1.54, 1.807) is 13.0 Å². The predicted molar refractivity (Wildman–Crippen MR) is 104 cm³/mol. The van der Waals surface area contributed by atoms with Crippen LogP contribution in [0.3, 0.4) is 0 Å². The number of carbonyl (C=O) groups is 1. The summed E-state index contributed by atoms with van der Waals surface area (Å²) < 4.78 is 11.4. The molecule has 1 fully saturated rings. The van der Waals surface area contributed by atoms with Gasteiger partial charge in [-0.05, 0) is 44.4 Å². The lowest BCUT2D eigenvalue weighted by Gasteiger charge is -2.28. The summed E-state index contributed by atoms with van der Waals surface area (Å²) >= 11 is 0. The zero-order chi connectivity index (χ0) is 19.1. The molecule has 146 valence electrons. The normalized spacial score (nSPS) is 21.5. The Bertz CT molecular complexity index is 723. The summed E-state index contributed by atoms with van der Waals surface area (Å²) in [5.41, 5.74) is 1.62. The standard InChI is InChI=1S/C21H28N2O4/c1-2-13-26-19-10-9-18(15-8-11-20(25)23-21(15)19)27-14-5-12-22-16-6-3-4-7-17(16)24/h9-10,16-17,22,24H,3-8,11-12,14H2,1H3,(H,23,25). The van der Waals surface area contributed by atoms with E-state index in [0.717, 1.165) is 43.5 Å². The number of benzene rings is 1. The number of carbonyl (C=O) groups excluding carboxylic acids is 1. The van der Waals surface area contributed by atoms with Crippen LogP contribution in [0, 0.1) is 12.0 Å². The fourth-order valence-corrected chi connectivity index (χ4v) is 3.65. The molecular formula is C21H28N2O4. The van der Waals surface area contributed by atoms with E-state index in [0.29, 0.717) is 30.9 Å². The van der Waals surface area contributed by atoms with E-state index < -0.39 is 0 Å². The summed E-state index contributed by atoms with van der Waals surface area (Å²) in [6, 6.07) is 3.86. The van der Waals surface area contributed by atoms with Crippen LogP contribution < -0.4 is 20.1 Å². The molecule has 6 heteroatoms. The minimum atomic E-state index is -0.228. The molecule has 2 unspecified atom stereocenters. The van der Waals surface area contributed by atoms with Gasteiger partial charge in [0.25, 0.3) is 0 Å². The molecule has 0 radical (unpaired) electrons. The number of anilines is 1. The number of aliphatic hydroxyl groups is 1. The Balaban J connectivity index is 1.54. The van der Waals surface area contributed by atoms with Crippen LogP contribution >= 0.6 is 0 Å². The third kappa shape index (κ3) is 5.15. The van der Waals surface area contributed by atoms with Crippen molar-refractivity contribution in [3.63, 3.8) is 0 Å². The SMILES string of the molecule is CC#COc1ccc(OCCCNC2CCCCC2O)c2c1NC(=O)CC2. The molecule has 0 aromatic heterocycles. The Morgan fingerprint density at radius 1 is 1.26 bits per heavy atom. The second-order valence-electron chi connectivity index (χ2n) is 7.03. The minimum absolute atomic E-state index is 0.0239. The highest BCUT2D eigenvalue weighted by Crippen LogP contribution is 2.38. The van der Waals surface area contributed by atoms with Crippen molar-refractivity contribution in [3.05, 3.63) is 17.7 Å². The first-order valence-electron chi connectivity index (χ1n) is 9.77. The van der Waals surface area contributed by atoms with Gasteiger partial charge in [0, 0.05) is 24.9 Å². The molecule has 2 aliphatic rings. The number of aliphatic hydroxyl groups excluding tert-OH is 1. The second-order valence-corrected chi connectivity index (χ2v) is 7.03. The van der Waals surface area contributed by atoms with Crippen molar-refractivity contribution in [2.75, 3.05) is 18.5 Å². The van der Waals surface area contributed by atoms with E-state index in [4.69, 9.17) is 9.47 Å². The second kappa shape index (κ2) is 9.63.